The predicted molar refractivity (Wildman–Crippen MR) is 91.6 cm³/mol. The number of aromatic hydroxyl groups is 1. The molecule has 0 bridgehead atoms. The van der Waals surface area contributed by atoms with E-state index in [4.69, 9.17) is 4.74 Å². The Kier molecular flexibility index (Phi) is 4.82. The van der Waals surface area contributed by atoms with E-state index in [1.54, 1.807) is 40.0 Å². The number of rotatable bonds is 3. The number of hydrogen-bond acceptors (Lipinski definition) is 6. The van der Waals surface area contributed by atoms with Gasteiger partial charge in [0.15, 0.2) is 0 Å². The molecule has 0 fully saturated rings. The van der Waals surface area contributed by atoms with Crippen LogP contribution in [0.2, 0.25) is 0 Å². The Morgan fingerprint density at radius 1 is 1.36 bits per heavy atom. The standard InChI is InChI=1S/C17H21N3O5/c1-9-6-10-13(22)12(16(24)20(5)14(10)18-7-9)15(23)19-8-11(21)25-17(2,3)4/h6-7,22H,8H2,1-5H3,(H,19,23). The van der Waals surface area contributed by atoms with Gasteiger partial charge in [-0.3, -0.25) is 19.0 Å². The maximum absolute atomic E-state index is 12.4. The second-order valence-electron chi connectivity index (χ2n) is 6.74. The maximum Gasteiger partial charge on any atom is 0.325 e. The first-order valence-electron chi connectivity index (χ1n) is 7.69. The van der Waals surface area contributed by atoms with Crippen molar-refractivity contribution in [3.8, 4) is 5.75 Å². The van der Waals surface area contributed by atoms with Crippen LogP contribution in [0.5, 0.6) is 5.75 Å². The molecule has 134 valence electrons. The fourth-order valence-corrected chi connectivity index (χ4v) is 2.33. The molecule has 0 aliphatic heterocycles. The highest BCUT2D eigenvalue weighted by atomic mass is 16.6. The summed E-state index contributed by atoms with van der Waals surface area (Å²) >= 11 is 0. The summed E-state index contributed by atoms with van der Waals surface area (Å²) < 4.78 is 6.26. The van der Waals surface area contributed by atoms with E-state index in [0.717, 1.165) is 5.56 Å². The van der Waals surface area contributed by atoms with Crippen LogP contribution < -0.4 is 10.9 Å². The minimum absolute atomic E-state index is 0.261. The van der Waals surface area contributed by atoms with Crippen molar-refractivity contribution in [3.63, 3.8) is 0 Å². The molecule has 2 aromatic rings. The van der Waals surface area contributed by atoms with Gasteiger partial charge in [0.1, 0.15) is 29.1 Å². The molecule has 0 aliphatic rings. The number of fused-ring (bicyclic) bond motifs is 1. The van der Waals surface area contributed by atoms with Crippen LogP contribution in [0, 0.1) is 6.92 Å². The van der Waals surface area contributed by atoms with Crippen LogP contribution in [-0.4, -0.2) is 38.7 Å². The quantitative estimate of drug-likeness (QED) is 0.802. The van der Waals surface area contributed by atoms with Crippen molar-refractivity contribution < 1.29 is 19.4 Å². The minimum atomic E-state index is -0.854. The Morgan fingerprint density at radius 2 is 2.00 bits per heavy atom. The molecule has 0 saturated heterocycles. The Bertz CT molecular complexity index is 909. The summed E-state index contributed by atoms with van der Waals surface area (Å²) in [5, 5.41) is 13.0. The Morgan fingerprint density at radius 3 is 2.60 bits per heavy atom. The van der Waals surface area contributed by atoms with E-state index in [2.05, 4.69) is 10.3 Å². The van der Waals surface area contributed by atoms with E-state index in [-0.39, 0.29) is 11.0 Å². The van der Waals surface area contributed by atoms with Crippen LogP contribution in [0.25, 0.3) is 11.0 Å². The van der Waals surface area contributed by atoms with E-state index in [0.29, 0.717) is 0 Å². The number of carbonyl (C=O) groups excluding carboxylic acids is 2. The average molecular weight is 347 g/mol. The lowest BCUT2D eigenvalue weighted by Crippen LogP contribution is -2.37. The van der Waals surface area contributed by atoms with E-state index in [9.17, 15) is 19.5 Å². The van der Waals surface area contributed by atoms with Crippen molar-refractivity contribution in [3.05, 3.63) is 33.7 Å². The first-order chi connectivity index (χ1) is 11.5. The molecular formula is C17H21N3O5. The summed E-state index contributed by atoms with van der Waals surface area (Å²) in [5.41, 5.74) is -0.806. The number of nitrogens with zero attached hydrogens (tertiary/aromatic N) is 2. The molecule has 0 aromatic carbocycles. The molecule has 2 heterocycles. The van der Waals surface area contributed by atoms with Crippen LogP contribution in [0.15, 0.2) is 17.1 Å². The van der Waals surface area contributed by atoms with Crippen molar-refractivity contribution in [2.45, 2.75) is 33.3 Å². The number of amides is 1. The van der Waals surface area contributed by atoms with E-state index < -0.39 is 40.9 Å². The fraction of sp³-hybridized carbons (Fsp3) is 0.412. The number of hydrogen-bond donors (Lipinski definition) is 2. The van der Waals surface area contributed by atoms with Gasteiger partial charge >= 0.3 is 5.97 Å². The van der Waals surface area contributed by atoms with Crippen LogP contribution >= 0.6 is 0 Å². The summed E-state index contributed by atoms with van der Waals surface area (Å²) in [6, 6.07) is 1.63. The van der Waals surface area contributed by atoms with Crippen molar-refractivity contribution in [1.29, 1.82) is 0 Å². The van der Waals surface area contributed by atoms with Gasteiger partial charge < -0.3 is 15.2 Å². The molecule has 2 rings (SSSR count). The summed E-state index contributed by atoms with van der Waals surface area (Å²) in [6.07, 6.45) is 1.56. The highest BCUT2D eigenvalue weighted by Crippen LogP contribution is 2.25. The number of ether oxygens (including phenoxy) is 1. The van der Waals surface area contributed by atoms with Gasteiger partial charge in [0.25, 0.3) is 11.5 Å². The number of carbonyl (C=O) groups is 2. The molecule has 1 amide bonds. The number of aromatic nitrogens is 2. The lowest BCUT2D eigenvalue weighted by Gasteiger charge is -2.19. The first kappa shape index (κ1) is 18.4. The topological polar surface area (TPSA) is 111 Å². The molecule has 0 radical (unpaired) electrons. The minimum Gasteiger partial charge on any atom is -0.506 e. The zero-order chi connectivity index (χ0) is 18.9. The van der Waals surface area contributed by atoms with Crippen molar-refractivity contribution >= 4 is 22.9 Å². The highest BCUT2D eigenvalue weighted by Gasteiger charge is 2.23. The van der Waals surface area contributed by atoms with Crippen molar-refractivity contribution in [1.82, 2.24) is 14.9 Å². The van der Waals surface area contributed by atoms with Gasteiger partial charge in [-0.15, -0.1) is 0 Å². The number of nitrogens with one attached hydrogen (secondary N) is 1. The second-order valence-corrected chi connectivity index (χ2v) is 6.74. The molecule has 0 spiro atoms. The van der Waals surface area contributed by atoms with Gasteiger partial charge in [-0.2, -0.15) is 0 Å². The van der Waals surface area contributed by atoms with Gasteiger partial charge in [-0.05, 0) is 39.3 Å². The molecule has 0 atom stereocenters. The largest absolute Gasteiger partial charge is 0.506 e. The molecule has 0 saturated carbocycles. The predicted octanol–water partition coefficient (Wildman–Crippen LogP) is 1.02. The summed E-state index contributed by atoms with van der Waals surface area (Å²) in [6.45, 7) is 6.47. The summed E-state index contributed by atoms with van der Waals surface area (Å²) in [7, 11) is 1.46. The van der Waals surface area contributed by atoms with Gasteiger partial charge in [0.2, 0.25) is 0 Å². The fourth-order valence-electron chi connectivity index (χ4n) is 2.33. The maximum atomic E-state index is 12.4. The van der Waals surface area contributed by atoms with Crippen molar-refractivity contribution in [2.75, 3.05) is 6.54 Å². The smallest absolute Gasteiger partial charge is 0.325 e. The summed E-state index contributed by atoms with van der Waals surface area (Å²) in [5.74, 6) is -1.96. The average Bonchev–Trinajstić information content (AvgIpc) is 2.49. The lowest BCUT2D eigenvalue weighted by atomic mass is 10.1. The number of aryl methyl sites for hydroxylation is 2. The van der Waals surface area contributed by atoms with Gasteiger partial charge in [0.05, 0.1) is 5.39 Å². The third kappa shape index (κ3) is 3.96. The first-order valence-corrected chi connectivity index (χ1v) is 7.69. The SMILES string of the molecule is Cc1cnc2c(c1)c(O)c(C(=O)NCC(=O)OC(C)(C)C)c(=O)n2C. The molecular weight excluding hydrogens is 326 g/mol. The monoisotopic (exact) mass is 347 g/mol. The molecule has 8 nitrogen and oxygen atoms in total. The second kappa shape index (κ2) is 6.54. The third-order valence-corrected chi connectivity index (χ3v) is 3.37. The highest BCUT2D eigenvalue weighted by molar-refractivity contribution is 6.02. The van der Waals surface area contributed by atoms with Crippen LogP contribution in [-0.2, 0) is 16.6 Å². The Balaban J connectivity index is 2.36. The van der Waals surface area contributed by atoms with E-state index in [1.807, 2.05) is 0 Å². The van der Waals surface area contributed by atoms with Gasteiger partial charge in [0, 0.05) is 13.2 Å². The summed E-state index contributed by atoms with van der Waals surface area (Å²) in [4.78, 5) is 40.5. The zero-order valence-corrected chi connectivity index (χ0v) is 14.8. The molecule has 2 aromatic heterocycles. The van der Waals surface area contributed by atoms with Crippen LogP contribution in [0.4, 0.5) is 0 Å². The normalized spacial score (nSPS) is 11.4. The molecule has 0 aliphatic carbocycles. The van der Waals surface area contributed by atoms with E-state index in [1.165, 1.54) is 11.6 Å². The zero-order valence-electron chi connectivity index (χ0n) is 14.8. The molecule has 2 N–H and O–H groups in total. The van der Waals surface area contributed by atoms with Crippen LogP contribution in [0.1, 0.15) is 36.7 Å². The Hall–Kier alpha value is -2.90. The number of pyridine rings is 2. The van der Waals surface area contributed by atoms with E-state index >= 15 is 0 Å². The number of esters is 1. The molecule has 25 heavy (non-hydrogen) atoms. The van der Waals surface area contributed by atoms with Gasteiger partial charge in [-0.1, -0.05) is 0 Å². The third-order valence-electron chi connectivity index (χ3n) is 3.37. The molecule has 0 unspecified atom stereocenters. The Labute approximate surface area is 144 Å². The van der Waals surface area contributed by atoms with Crippen LogP contribution in [0.3, 0.4) is 0 Å². The van der Waals surface area contributed by atoms with Crippen molar-refractivity contribution in [2.24, 2.45) is 7.05 Å². The molecule has 8 heteroatoms. The van der Waals surface area contributed by atoms with Gasteiger partial charge in [-0.25, -0.2) is 4.98 Å². The lowest BCUT2D eigenvalue weighted by molar-refractivity contribution is -0.153.